The van der Waals surface area contributed by atoms with Gasteiger partial charge in [0.15, 0.2) is 6.10 Å². The van der Waals surface area contributed by atoms with Crippen molar-refractivity contribution in [3.63, 3.8) is 0 Å². The van der Waals surface area contributed by atoms with E-state index in [4.69, 9.17) is 25.8 Å². The van der Waals surface area contributed by atoms with Gasteiger partial charge < -0.3 is 24.2 Å². The molecule has 0 bridgehead atoms. The molecule has 0 fully saturated rings. The SMILES string of the molecule is CCCSCCCN(CCOc1ccc(CC(OCC)C(=O)O)cc1)C(=O)Oc1ccc(Cl)cc1. The zero-order chi connectivity index (χ0) is 25.5. The highest BCUT2D eigenvalue weighted by atomic mass is 35.5. The van der Waals surface area contributed by atoms with Gasteiger partial charge in [-0.15, -0.1) is 0 Å². The Morgan fingerprint density at radius 2 is 1.69 bits per heavy atom. The van der Waals surface area contributed by atoms with Crippen LogP contribution in [-0.2, 0) is 16.0 Å². The number of thioether (sulfide) groups is 1. The summed E-state index contributed by atoms with van der Waals surface area (Å²) >= 11 is 7.78. The molecule has 2 rings (SSSR count). The predicted molar refractivity (Wildman–Crippen MR) is 140 cm³/mol. The molecule has 7 nitrogen and oxygen atoms in total. The first kappa shape index (κ1) is 28.8. The van der Waals surface area contributed by atoms with Crippen LogP contribution in [0.4, 0.5) is 4.79 Å². The molecule has 2 aromatic rings. The summed E-state index contributed by atoms with van der Waals surface area (Å²) in [5, 5.41) is 9.82. The van der Waals surface area contributed by atoms with Crippen molar-refractivity contribution in [3.05, 3.63) is 59.1 Å². The second kappa shape index (κ2) is 16.3. The molecule has 0 saturated carbocycles. The molecule has 35 heavy (non-hydrogen) atoms. The van der Waals surface area contributed by atoms with E-state index in [-0.39, 0.29) is 6.42 Å². The molecule has 192 valence electrons. The van der Waals surface area contributed by atoms with Crippen LogP contribution in [0.1, 0.15) is 32.3 Å². The number of hydrogen-bond acceptors (Lipinski definition) is 6. The van der Waals surface area contributed by atoms with E-state index in [0.29, 0.717) is 42.8 Å². The number of rotatable bonds is 16. The van der Waals surface area contributed by atoms with Crippen LogP contribution in [0.15, 0.2) is 48.5 Å². The van der Waals surface area contributed by atoms with Crippen LogP contribution < -0.4 is 9.47 Å². The molecule has 0 aliphatic rings. The standard InChI is InChI=1S/C26H34ClNO6S/c1-3-17-35-18-5-14-28(26(31)34-23-12-8-21(27)9-13-23)15-16-33-22-10-6-20(7-11-22)19-24(25(29)30)32-4-2/h6-13,24H,3-5,14-19H2,1-2H3,(H,29,30). The molecule has 2 aromatic carbocycles. The summed E-state index contributed by atoms with van der Waals surface area (Å²) in [6.45, 7) is 5.50. The van der Waals surface area contributed by atoms with E-state index in [1.807, 2.05) is 23.9 Å². The van der Waals surface area contributed by atoms with Crippen LogP contribution in [0.3, 0.4) is 0 Å². The normalized spacial score (nSPS) is 11.6. The topological polar surface area (TPSA) is 85.3 Å². The number of amides is 1. The van der Waals surface area contributed by atoms with E-state index in [1.54, 1.807) is 48.2 Å². The number of benzene rings is 2. The second-order valence-corrected chi connectivity index (χ2v) is 9.41. The summed E-state index contributed by atoms with van der Waals surface area (Å²) in [4.78, 5) is 25.7. The third-order valence-corrected chi connectivity index (χ3v) is 6.49. The highest BCUT2D eigenvalue weighted by Crippen LogP contribution is 2.18. The van der Waals surface area contributed by atoms with E-state index in [9.17, 15) is 14.7 Å². The van der Waals surface area contributed by atoms with E-state index in [2.05, 4.69) is 6.92 Å². The maximum absolute atomic E-state index is 12.8. The maximum atomic E-state index is 12.8. The van der Waals surface area contributed by atoms with Gasteiger partial charge in [0.2, 0.25) is 0 Å². The Bertz CT molecular complexity index is 894. The van der Waals surface area contributed by atoms with E-state index < -0.39 is 18.2 Å². The molecule has 1 N–H and O–H groups in total. The van der Waals surface area contributed by atoms with Crippen molar-refractivity contribution in [2.75, 3.05) is 37.8 Å². The number of carboxylic acids is 1. The number of carbonyl (C=O) groups excluding carboxylic acids is 1. The largest absolute Gasteiger partial charge is 0.492 e. The first-order valence-corrected chi connectivity index (χ1v) is 13.3. The first-order chi connectivity index (χ1) is 16.9. The Morgan fingerprint density at radius 1 is 1.00 bits per heavy atom. The maximum Gasteiger partial charge on any atom is 0.415 e. The van der Waals surface area contributed by atoms with Crippen LogP contribution in [0.5, 0.6) is 11.5 Å². The first-order valence-electron chi connectivity index (χ1n) is 11.8. The van der Waals surface area contributed by atoms with Gasteiger partial charge in [-0.1, -0.05) is 30.7 Å². The minimum absolute atomic E-state index is 0.282. The lowest BCUT2D eigenvalue weighted by atomic mass is 10.1. The zero-order valence-electron chi connectivity index (χ0n) is 20.3. The van der Waals surface area contributed by atoms with Gasteiger partial charge in [-0.2, -0.15) is 11.8 Å². The van der Waals surface area contributed by atoms with E-state index in [1.165, 1.54) is 0 Å². The van der Waals surface area contributed by atoms with Crippen LogP contribution in [0.2, 0.25) is 5.02 Å². The fourth-order valence-corrected chi connectivity index (χ4v) is 4.15. The molecule has 0 aliphatic heterocycles. The number of aliphatic carboxylic acids is 1. The Kier molecular flexibility index (Phi) is 13.4. The highest BCUT2D eigenvalue weighted by molar-refractivity contribution is 7.99. The third kappa shape index (κ3) is 11.2. The molecule has 0 spiro atoms. The molecular formula is C26H34ClNO6S. The summed E-state index contributed by atoms with van der Waals surface area (Å²) in [7, 11) is 0. The number of halogens is 1. The highest BCUT2D eigenvalue weighted by Gasteiger charge is 2.18. The molecule has 0 aliphatic carbocycles. The molecule has 1 amide bonds. The van der Waals surface area contributed by atoms with Gasteiger partial charge in [-0.05, 0) is 73.2 Å². The van der Waals surface area contributed by atoms with Crippen molar-refractivity contribution in [1.82, 2.24) is 4.90 Å². The monoisotopic (exact) mass is 523 g/mol. The predicted octanol–water partition coefficient (Wildman–Crippen LogP) is 5.79. The minimum atomic E-state index is -0.981. The Balaban J connectivity index is 1.89. The number of hydrogen-bond donors (Lipinski definition) is 1. The quantitative estimate of drug-likeness (QED) is 0.279. The second-order valence-electron chi connectivity index (χ2n) is 7.75. The molecule has 0 aromatic heterocycles. The van der Waals surface area contributed by atoms with Crippen molar-refractivity contribution in [3.8, 4) is 11.5 Å². The third-order valence-electron chi connectivity index (χ3n) is 4.96. The van der Waals surface area contributed by atoms with E-state index in [0.717, 1.165) is 29.9 Å². The Hall–Kier alpha value is -2.42. The van der Waals surface area contributed by atoms with Crippen LogP contribution in [0, 0.1) is 0 Å². The Labute approximate surface area is 216 Å². The van der Waals surface area contributed by atoms with Crippen molar-refractivity contribution in [2.24, 2.45) is 0 Å². The van der Waals surface area contributed by atoms with E-state index >= 15 is 0 Å². The minimum Gasteiger partial charge on any atom is -0.492 e. The van der Waals surface area contributed by atoms with Crippen molar-refractivity contribution in [2.45, 2.75) is 39.2 Å². The van der Waals surface area contributed by atoms with Crippen molar-refractivity contribution in [1.29, 1.82) is 0 Å². The summed E-state index contributed by atoms with van der Waals surface area (Å²) in [6.07, 6.45) is 0.968. The molecular weight excluding hydrogens is 490 g/mol. The van der Waals surface area contributed by atoms with Crippen molar-refractivity contribution < 1.29 is 28.9 Å². The molecule has 9 heteroatoms. The number of carbonyl (C=O) groups is 2. The van der Waals surface area contributed by atoms with Crippen LogP contribution >= 0.6 is 23.4 Å². The number of nitrogens with zero attached hydrogens (tertiary/aromatic N) is 1. The lowest BCUT2D eigenvalue weighted by Crippen LogP contribution is -2.37. The zero-order valence-corrected chi connectivity index (χ0v) is 21.9. The molecule has 1 atom stereocenters. The fraction of sp³-hybridized carbons (Fsp3) is 0.462. The van der Waals surface area contributed by atoms with Gasteiger partial charge in [0, 0.05) is 24.6 Å². The van der Waals surface area contributed by atoms with Crippen LogP contribution in [0.25, 0.3) is 0 Å². The molecule has 1 unspecified atom stereocenters. The molecule has 0 saturated heterocycles. The van der Waals surface area contributed by atoms with Gasteiger partial charge in [-0.3, -0.25) is 0 Å². The number of carboxylic acid groups (broad SMARTS) is 1. The average Bonchev–Trinajstić information content (AvgIpc) is 2.84. The van der Waals surface area contributed by atoms with Crippen molar-refractivity contribution >= 4 is 35.4 Å². The summed E-state index contributed by atoms with van der Waals surface area (Å²) in [6, 6.07) is 13.9. The average molecular weight is 524 g/mol. The van der Waals surface area contributed by atoms with Gasteiger partial charge in [0.1, 0.15) is 18.1 Å². The molecule has 0 radical (unpaired) electrons. The summed E-state index contributed by atoms with van der Waals surface area (Å²) < 4.78 is 16.6. The lowest BCUT2D eigenvalue weighted by Gasteiger charge is -2.22. The number of ether oxygens (including phenoxy) is 3. The smallest absolute Gasteiger partial charge is 0.415 e. The van der Waals surface area contributed by atoms with Gasteiger partial charge in [-0.25, -0.2) is 9.59 Å². The lowest BCUT2D eigenvalue weighted by molar-refractivity contribution is -0.149. The van der Waals surface area contributed by atoms with Gasteiger partial charge in [0.05, 0.1) is 6.54 Å². The van der Waals surface area contributed by atoms with Gasteiger partial charge >= 0.3 is 12.1 Å². The van der Waals surface area contributed by atoms with Crippen LogP contribution in [-0.4, -0.2) is 66.0 Å². The Morgan fingerprint density at radius 3 is 2.31 bits per heavy atom. The summed E-state index contributed by atoms with van der Waals surface area (Å²) in [5.41, 5.74) is 0.843. The molecule has 0 heterocycles. The van der Waals surface area contributed by atoms with Gasteiger partial charge in [0.25, 0.3) is 0 Å². The summed E-state index contributed by atoms with van der Waals surface area (Å²) in [5.74, 6) is 2.17. The fourth-order valence-electron chi connectivity index (χ4n) is 3.19.